The number of hydrogen-bond donors (Lipinski definition) is 1. The third-order valence-corrected chi connectivity index (χ3v) is 3.01. The molecule has 2 rings (SSSR count). The molecule has 1 aromatic carbocycles. The topological polar surface area (TPSA) is 83.9 Å². The second kappa shape index (κ2) is 5.45. The first-order valence-corrected chi connectivity index (χ1v) is 6.05. The standard InChI is InChI=1S/C14H14N4O2/c1-10-3-4-13(14(5-10)18(19)20)16-8-11-6-12(7-15)17(2)9-11/h3-6,9,16H,8H2,1-2H3. The average Bonchev–Trinajstić information content (AvgIpc) is 2.77. The summed E-state index contributed by atoms with van der Waals surface area (Å²) in [6, 6.07) is 8.89. The highest BCUT2D eigenvalue weighted by Gasteiger charge is 2.13. The van der Waals surface area contributed by atoms with Crippen molar-refractivity contribution in [3.05, 3.63) is 57.4 Å². The summed E-state index contributed by atoms with van der Waals surface area (Å²) < 4.78 is 1.72. The van der Waals surface area contributed by atoms with Gasteiger partial charge < -0.3 is 9.88 Å². The Morgan fingerprint density at radius 3 is 2.80 bits per heavy atom. The molecule has 0 aliphatic rings. The maximum absolute atomic E-state index is 11.0. The SMILES string of the molecule is Cc1ccc(NCc2cc(C#N)n(C)c2)c([N+](=O)[O-])c1. The van der Waals surface area contributed by atoms with Gasteiger partial charge in [-0.3, -0.25) is 10.1 Å². The molecule has 0 aliphatic heterocycles. The van der Waals surface area contributed by atoms with Crippen LogP contribution in [0.3, 0.4) is 0 Å². The van der Waals surface area contributed by atoms with Gasteiger partial charge in [0.15, 0.2) is 0 Å². The van der Waals surface area contributed by atoms with Crippen LogP contribution < -0.4 is 5.32 Å². The van der Waals surface area contributed by atoms with Crippen LogP contribution in [-0.2, 0) is 13.6 Å². The number of benzene rings is 1. The number of aryl methyl sites for hydroxylation is 2. The molecule has 1 N–H and O–H groups in total. The van der Waals surface area contributed by atoms with E-state index >= 15 is 0 Å². The molecule has 0 saturated heterocycles. The Bertz CT molecular complexity index is 698. The lowest BCUT2D eigenvalue weighted by Crippen LogP contribution is -2.02. The van der Waals surface area contributed by atoms with E-state index < -0.39 is 4.92 Å². The third-order valence-electron chi connectivity index (χ3n) is 3.01. The van der Waals surface area contributed by atoms with Gasteiger partial charge in [-0.15, -0.1) is 0 Å². The molecule has 1 heterocycles. The zero-order valence-corrected chi connectivity index (χ0v) is 11.3. The summed E-state index contributed by atoms with van der Waals surface area (Å²) in [4.78, 5) is 10.6. The van der Waals surface area contributed by atoms with Gasteiger partial charge >= 0.3 is 0 Å². The van der Waals surface area contributed by atoms with Crippen LogP contribution in [0.5, 0.6) is 0 Å². The largest absolute Gasteiger partial charge is 0.375 e. The number of nitrogens with zero attached hydrogens (tertiary/aromatic N) is 3. The molecule has 20 heavy (non-hydrogen) atoms. The number of nitriles is 1. The summed E-state index contributed by atoms with van der Waals surface area (Å²) in [5.41, 5.74) is 2.83. The summed E-state index contributed by atoms with van der Waals surface area (Å²) in [6.45, 7) is 2.24. The Morgan fingerprint density at radius 1 is 1.45 bits per heavy atom. The van der Waals surface area contributed by atoms with E-state index in [2.05, 4.69) is 11.4 Å². The second-order valence-corrected chi connectivity index (χ2v) is 4.59. The zero-order chi connectivity index (χ0) is 14.7. The first kappa shape index (κ1) is 13.6. The molecule has 2 aromatic rings. The van der Waals surface area contributed by atoms with Crippen LogP contribution in [0.15, 0.2) is 30.5 Å². The minimum atomic E-state index is -0.402. The number of nitro groups is 1. The zero-order valence-electron chi connectivity index (χ0n) is 11.3. The maximum Gasteiger partial charge on any atom is 0.292 e. The van der Waals surface area contributed by atoms with Crippen LogP contribution in [0.4, 0.5) is 11.4 Å². The first-order valence-electron chi connectivity index (χ1n) is 6.05. The molecule has 0 spiro atoms. The van der Waals surface area contributed by atoms with Gasteiger partial charge in [-0.1, -0.05) is 6.07 Å². The van der Waals surface area contributed by atoms with Gasteiger partial charge in [-0.2, -0.15) is 5.26 Å². The van der Waals surface area contributed by atoms with Gasteiger partial charge in [0.1, 0.15) is 17.5 Å². The van der Waals surface area contributed by atoms with E-state index in [1.165, 1.54) is 6.07 Å². The fourth-order valence-corrected chi connectivity index (χ4v) is 1.98. The van der Waals surface area contributed by atoms with Crippen molar-refractivity contribution in [1.82, 2.24) is 4.57 Å². The molecule has 6 heteroatoms. The second-order valence-electron chi connectivity index (χ2n) is 4.59. The monoisotopic (exact) mass is 270 g/mol. The lowest BCUT2D eigenvalue weighted by molar-refractivity contribution is -0.384. The molecule has 0 amide bonds. The van der Waals surface area contributed by atoms with Crippen molar-refractivity contribution in [2.24, 2.45) is 7.05 Å². The van der Waals surface area contributed by atoms with Gasteiger partial charge in [-0.05, 0) is 30.2 Å². The van der Waals surface area contributed by atoms with E-state index in [1.807, 2.05) is 19.2 Å². The molecule has 0 unspecified atom stereocenters. The molecular formula is C14H14N4O2. The normalized spacial score (nSPS) is 10.1. The fourth-order valence-electron chi connectivity index (χ4n) is 1.98. The van der Waals surface area contributed by atoms with Gasteiger partial charge in [0.05, 0.1) is 4.92 Å². The summed E-state index contributed by atoms with van der Waals surface area (Å²) in [5, 5.41) is 22.9. The average molecular weight is 270 g/mol. The van der Waals surface area contributed by atoms with Gasteiger partial charge in [0, 0.05) is 25.9 Å². The van der Waals surface area contributed by atoms with Gasteiger partial charge in [0.2, 0.25) is 0 Å². The summed E-state index contributed by atoms with van der Waals surface area (Å²) >= 11 is 0. The quantitative estimate of drug-likeness (QED) is 0.683. The molecule has 0 radical (unpaired) electrons. The van der Waals surface area contributed by atoms with E-state index in [0.717, 1.165) is 11.1 Å². The number of nitrogens with one attached hydrogen (secondary N) is 1. The van der Waals surface area contributed by atoms with Crippen molar-refractivity contribution in [3.8, 4) is 6.07 Å². The summed E-state index contributed by atoms with van der Waals surface area (Å²) in [5.74, 6) is 0. The van der Waals surface area contributed by atoms with E-state index in [0.29, 0.717) is 17.9 Å². The molecule has 6 nitrogen and oxygen atoms in total. The molecule has 0 aliphatic carbocycles. The summed E-state index contributed by atoms with van der Waals surface area (Å²) in [7, 11) is 1.79. The molecular weight excluding hydrogens is 256 g/mol. The fraction of sp³-hybridized carbons (Fsp3) is 0.214. The molecule has 102 valence electrons. The van der Waals surface area contributed by atoms with Gasteiger partial charge in [-0.25, -0.2) is 0 Å². The first-order chi connectivity index (χ1) is 9.51. The number of rotatable bonds is 4. The maximum atomic E-state index is 11.0. The highest BCUT2D eigenvalue weighted by molar-refractivity contribution is 5.62. The molecule has 0 saturated carbocycles. The van der Waals surface area contributed by atoms with Crippen molar-refractivity contribution in [2.75, 3.05) is 5.32 Å². The Labute approximate surface area is 116 Å². The predicted octanol–water partition coefficient (Wildman–Crippen LogP) is 2.73. The predicted molar refractivity (Wildman–Crippen MR) is 75.3 cm³/mol. The molecule has 0 fully saturated rings. The van der Waals surface area contributed by atoms with Crippen LogP contribution in [0.1, 0.15) is 16.8 Å². The number of aromatic nitrogens is 1. The van der Waals surface area contributed by atoms with Crippen LogP contribution >= 0.6 is 0 Å². The lowest BCUT2D eigenvalue weighted by atomic mass is 10.2. The van der Waals surface area contributed by atoms with Crippen LogP contribution in [-0.4, -0.2) is 9.49 Å². The van der Waals surface area contributed by atoms with Crippen molar-refractivity contribution in [3.63, 3.8) is 0 Å². The van der Waals surface area contributed by atoms with E-state index in [-0.39, 0.29) is 5.69 Å². The van der Waals surface area contributed by atoms with Crippen LogP contribution in [0.2, 0.25) is 0 Å². The van der Waals surface area contributed by atoms with Crippen molar-refractivity contribution >= 4 is 11.4 Å². The summed E-state index contributed by atoms with van der Waals surface area (Å²) in [6.07, 6.45) is 1.82. The number of hydrogen-bond acceptors (Lipinski definition) is 4. The highest BCUT2D eigenvalue weighted by Crippen LogP contribution is 2.25. The lowest BCUT2D eigenvalue weighted by Gasteiger charge is -2.06. The molecule has 1 aromatic heterocycles. The smallest absolute Gasteiger partial charge is 0.292 e. The van der Waals surface area contributed by atoms with Crippen LogP contribution in [0, 0.1) is 28.4 Å². The Kier molecular flexibility index (Phi) is 3.71. The minimum Gasteiger partial charge on any atom is -0.375 e. The van der Waals surface area contributed by atoms with Gasteiger partial charge in [0.25, 0.3) is 5.69 Å². The van der Waals surface area contributed by atoms with Crippen molar-refractivity contribution < 1.29 is 4.92 Å². The molecule has 0 bridgehead atoms. The van der Waals surface area contributed by atoms with E-state index in [1.54, 1.807) is 23.7 Å². The Hall–Kier alpha value is -2.81. The number of nitro benzene ring substituents is 1. The van der Waals surface area contributed by atoms with Crippen molar-refractivity contribution in [2.45, 2.75) is 13.5 Å². The highest BCUT2D eigenvalue weighted by atomic mass is 16.6. The number of anilines is 1. The van der Waals surface area contributed by atoms with Crippen LogP contribution in [0.25, 0.3) is 0 Å². The van der Waals surface area contributed by atoms with Crippen molar-refractivity contribution in [1.29, 1.82) is 5.26 Å². The minimum absolute atomic E-state index is 0.0569. The molecule has 0 atom stereocenters. The Morgan fingerprint density at radius 2 is 2.20 bits per heavy atom. The Balaban J connectivity index is 2.18. The van der Waals surface area contributed by atoms with E-state index in [4.69, 9.17) is 5.26 Å². The third kappa shape index (κ3) is 2.78. The van der Waals surface area contributed by atoms with E-state index in [9.17, 15) is 10.1 Å².